The number of aromatic nitrogens is 1. The van der Waals surface area contributed by atoms with Crippen LogP contribution in [-0.4, -0.2) is 47.2 Å². The van der Waals surface area contributed by atoms with Gasteiger partial charge >= 0.3 is 0 Å². The van der Waals surface area contributed by atoms with Gasteiger partial charge in [0.15, 0.2) is 5.75 Å². The number of ether oxygens (including phenoxy) is 1. The van der Waals surface area contributed by atoms with E-state index in [1.54, 1.807) is 35.2 Å². The normalized spacial score (nSPS) is 16.5. The molecule has 3 heterocycles. The van der Waals surface area contributed by atoms with Gasteiger partial charge in [-0.15, -0.1) is 0 Å². The summed E-state index contributed by atoms with van der Waals surface area (Å²) in [4.78, 5) is 44.6. The average Bonchev–Trinajstić information content (AvgIpc) is 2.83. The van der Waals surface area contributed by atoms with Gasteiger partial charge in [-0.3, -0.25) is 19.3 Å². The standard InChI is InChI=1S/C20H19ClN4O4/c21-13-3-4-16-15(10-13)25(20(28)14-2-1-7-23-19(14)29-16)11-17(26)24-8-5-12(6-9-24)18(22)27/h1-4,7,10,12H,5-6,8-9,11H2,(H2,22,27). The molecule has 3 amide bonds. The van der Waals surface area contributed by atoms with E-state index in [0.29, 0.717) is 42.4 Å². The Morgan fingerprint density at radius 2 is 2.00 bits per heavy atom. The molecule has 9 heteroatoms. The van der Waals surface area contributed by atoms with Gasteiger partial charge in [0.1, 0.15) is 12.1 Å². The second-order valence-electron chi connectivity index (χ2n) is 7.02. The van der Waals surface area contributed by atoms with Gasteiger partial charge in [0.05, 0.1) is 5.69 Å². The second-order valence-corrected chi connectivity index (χ2v) is 7.46. The summed E-state index contributed by atoms with van der Waals surface area (Å²) >= 11 is 6.14. The summed E-state index contributed by atoms with van der Waals surface area (Å²) in [5, 5.41) is 0.416. The Labute approximate surface area is 172 Å². The molecule has 0 radical (unpaired) electrons. The smallest absolute Gasteiger partial charge is 0.264 e. The zero-order chi connectivity index (χ0) is 20.5. The van der Waals surface area contributed by atoms with Crippen molar-refractivity contribution in [2.45, 2.75) is 12.8 Å². The molecule has 0 aliphatic carbocycles. The third-order valence-electron chi connectivity index (χ3n) is 5.21. The summed E-state index contributed by atoms with van der Waals surface area (Å²) < 4.78 is 5.82. The van der Waals surface area contributed by atoms with E-state index in [0.717, 1.165) is 0 Å². The predicted molar refractivity (Wildman–Crippen MR) is 106 cm³/mol. The molecule has 0 atom stereocenters. The van der Waals surface area contributed by atoms with Gasteiger partial charge in [0, 0.05) is 30.2 Å². The first-order chi connectivity index (χ1) is 13.9. The number of halogens is 1. The molecule has 0 unspecified atom stereocenters. The average molecular weight is 415 g/mol. The predicted octanol–water partition coefficient (Wildman–Crippen LogP) is 2.21. The Morgan fingerprint density at radius 3 is 2.72 bits per heavy atom. The molecule has 150 valence electrons. The van der Waals surface area contributed by atoms with Gasteiger partial charge in [0.25, 0.3) is 5.91 Å². The highest BCUT2D eigenvalue weighted by molar-refractivity contribution is 6.31. The molecule has 29 heavy (non-hydrogen) atoms. The summed E-state index contributed by atoms with van der Waals surface area (Å²) in [7, 11) is 0. The van der Waals surface area contributed by atoms with Crippen LogP contribution in [0.5, 0.6) is 11.6 Å². The van der Waals surface area contributed by atoms with E-state index in [9.17, 15) is 14.4 Å². The van der Waals surface area contributed by atoms with E-state index >= 15 is 0 Å². The number of benzene rings is 1. The minimum absolute atomic E-state index is 0.175. The molecule has 1 saturated heterocycles. The van der Waals surface area contributed by atoms with Gasteiger partial charge < -0.3 is 15.4 Å². The number of hydrogen-bond donors (Lipinski definition) is 1. The van der Waals surface area contributed by atoms with Crippen molar-refractivity contribution in [1.82, 2.24) is 9.88 Å². The van der Waals surface area contributed by atoms with Crippen molar-refractivity contribution in [2.75, 3.05) is 24.5 Å². The van der Waals surface area contributed by atoms with E-state index in [1.165, 1.54) is 11.1 Å². The van der Waals surface area contributed by atoms with Crippen LogP contribution in [0.15, 0.2) is 36.5 Å². The lowest BCUT2D eigenvalue weighted by Crippen LogP contribution is -2.47. The Morgan fingerprint density at radius 1 is 1.24 bits per heavy atom. The zero-order valence-corrected chi connectivity index (χ0v) is 16.3. The SMILES string of the molecule is NC(=O)C1CCN(C(=O)CN2C(=O)c3cccnc3Oc3ccc(Cl)cc32)CC1. The fraction of sp³-hybridized carbons (Fsp3) is 0.300. The van der Waals surface area contributed by atoms with Crippen LogP contribution in [0.25, 0.3) is 0 Å². The second kappa shape index (κ2) is 7.71. The van der Waals surface area contributed by atoms with Gasteiger partial charge in [-0.2, -0.15) is 0 Å². The van der Waals surface area contributed by atoms with Crippen molar-refractivity contribution in [2.24, 2.45) is 11.7 Å². The fourth-order valence-corrected chi connectivity index (χ4v) is 3.75. The van der Waals surface area contributed by atoms with E-state index in [1.807, 2.05) is 0 Å². The zero-order valence-electron chi connectivity index (χ0n) is 15.5. The highest BCUT2D eigenvalue weighted by Crippen LogP contribution is 2.39. The molecular weight excluding hydrogens is 396 g/mol. The molecule has 4 rings (SSSR count). The number of primary amides is 1. The Kier molecular flexibility index (Phi) is 5.10. The van der Waals surface area contributed by atoms with Crippen LogP contribution < -0.4 is 15.4 Å². The third-order valence-corrected chi connectivity index (χ3v) is 5.44. The van der Waals surface area contributed by atoms with Crippen LogP contribution in [0.1, 0.15) is 23.2 Å². The number of likely N-dealkylation sites (tertiary alicyclic amines) is 1. The number of pyridine rings is 1. The van der Waals surface area contributed by atoms with Gasteiger partial charge in [-0.25, -0.2) is 4.98 Å². The number of carbonyl (C=O) groups is 3. The van der Waals surface area contributed by atoms with Crippen molar-refractivity contribution in [3.63, 3.8) is 0 Å². The monoisotopic (exact) mass is 414 g/mol. The summed E-state index contributed by atoms with van der Waals surface area (Å²) in [5.74, 6) is -0.609. The quantitative estimate of drug-likeness (QED) is 0.828. The van der Waals surface area contributed by atoms with Crippen molar-refractivity contribution in [3.8, 4) is 11.6 Å². The van der Waals surface area contributed by atoms with E-state index in [-0.39, 0.29) is 35.7 Å². The first kappa shape index (κ1) is 19.2. The molecule has 2 aliphatic rings. The number of amides is 3. The first-order valence-electron chi connectivity index (χ1n) is 9.25. The number of nitrogens with zero attached hydrogens (tertiary/aromatic N) is 3. The van der Waals surface area contributed by atoms with Crippen LogP contribution in [0.3, 0.4) is 0 Å². The maximum Gasteiger partial charge on any atom is 0.264 e. The summed E-state index contributed by atoms with van der Waals surface area (Å²) in [6.07, 6.45) is 2.58. The minimum atomic E-state index is -0.394. The van der Waals surface area contributed by atoms with Crippen LogP contribution in [0.4, 0.5) is 5.69 Å². The van der Waals surface area contributed by atoms with E-state index < -0.39 is 5.91 Å². The minimum Gasteiger partial charge on any atom is -0.436 e. The molecule has 2 aromatic rings. The van der Waals surface area contributed by atoms with Crippen molar-refractivity contribution < 1.29 is 19.1 Å². The molecule has 1 fully saturated rings. The molecule has 1 aromatic heterocycles. The van der Waals surface area contributed by atoms with Crippen molar-refractivity contribution in [1.29, 1.82) is 0 Å². The Bertz CT molecular complexity index is 988. The van der Waals surface area contributed by atoms with Gasteiger partial charge in [-0.1, -0.05) is 11.6 Å². The molecule has 0 bridgehead atoms. The molecule has 2 N–H and O–H groups in total. The van der Waals surface area contributed by atoms with E-state index in [2.05, 4.69) is 4.98 Å². The molecule has 1 aromatic carbocycles. The highest BCUT2D eigenvalue weighted by atomic mass is 35.5. The maximum atomic E-state index is 13.2. The lowest BCUT2D eigenvalue weighted by molar-refractivity contribution is -0.133. The molecule has 0 spiro atoms. The number of fused-ring (bicyclic) bond motifs is 2. The fourth-order valence-electron chi connectivity index (χ4n) is 3.59. The largest absolute Gasteiger partial charge is 0.436 e. The number of piperidine rings is 1. The lowest BCUT2D eigenvalue weighted by atomic mass is 9.96. The van der Waals surface area contributed by atoms with Gasteiger partial charge in [-0.05, 0) is 43.2 Å². The van der Waals surface area contributed by atoms with Crippen LogP contribution >= 0.6 is 11.6 Å². The number of nitrogens with two attached hydrogens (primary N) is 1. The molecule has 0 saturated carbocycles. The third kappa shape index (κ3) is 3.75. The molecular formula is C20H19ClN4O4. The Balaban J connectivity index is 1.62. The maximum absolute atomic E-state index is 13.2. The number of carbonyl (C=O) groups excluding carboxylic acids is 3. The van der Waals surface area contributed by atoms with Crippen LogP contribution in [-0.2, 0) is 9.59 Å². The summed E-state index contributed by atoms with van der Waals surface area (Å²) in [6.45, 7) is 0.669. The first-order valence-corrected chi connectivity index (χ1v) is 9.63. The van der Waals surface area contributed by atoms with Crippen LogP contribution in [0, 0.1) is 5.92 Å². The molecule has 8 nitrogen and oxygen atoms in total. The summed E-state index contributed by atoms with van der Waals surface area (Å²) in [5.41, 5.74) is 6.03. The van der Waals surface area contributed by atoms with E-state index in [4.69, 9.17) is 22.1 Å². The van der Waals surface area contributed by atoms with Gasteiger partial charge in [0.2, 0.25) is 17.7 Å². The highest BCUT2D eigenvalue weighted by Gasteiger charge is 2.33. The van der Waals surface area contributed by atoms with Crippen molar-refractivity contribution in [3.05, 3.63) is 47.1 Å². The number of rotatable bonds is 3. The summed E-state index contributed by atoms with van der Waals surface area (Å²) in [6, 6.07) is 8.12. The van der Waals surface area contributed by atoms with Crippen LogP contribution in [0.2, 0.25) is 5.02 Å². The number of hydrogen-bond acceptors (Lipinski definition) is 5. The van der Waals surface area contributed by atoms with Crippen molar-refractivity contribution >= 4 is 35.0 Å². The lowest BCUT2D eigenvalue weighted by Gasteiger charge is -2.32. The Hall–Kier alpha value is -3.13. The number of anilines is 1. The molecule has 2 aliphatic heterocycles. The topological polar surface area (TPSA) is 106 Å².